The molecule has 1 heterocycles. The highest BCUT2D eigenvalue weighted by Gasteiger charge is 2.21. The lowest BCUT2D eigenvalue weighted by atomic mass is 10.2. The molecule has 0 aliphatic carbocycles. The number of carbonyl (C=O) groups is 1. The van der Waals surface area contributed by atoms with Crippen LogP contribution in [0.15, 0.2) is 30.3 Å². The first-order chi connectivity index (χ1) is 8.65. The van der Waals surface area contributed by atoms with E-state index in [0.717, 1.165) is 5.69 Å². The third-order valence-corrected chi connectivity index (χ3v) is 2.83. The molecule has 5 nitrogen and oxygen atoms in total. The Hall–Kier alpha value is -2.30. The number of rotatable bonds is 3. The van der Waals surface area contributed by atoms with Gasteiger partial charge >= 0.3 is 0 Å². The minimum Gasteiger partial charge on any atom is -0.395 e. The maximum atomic E-state index is 12.4. The molecule has 2 aromatic rings. The Morgan fingerprint density at radius 2 is 2.06 bits per heavy atom. The lowest BCUT2D eigenvalue weighted by Gasteiger charge is -2.20. The standard InChI is InChI=1S/C13H16N4O/c1-3-17(10-7-5-4-6-8-10)13(18)12-11(14)9(2)15-16-12/h4-8H,3,14H2,1-2H3,(H,15,16). The van der Waals surface area contributed by atoms with Gasteiger partial charge in [0.15, 0.2) is 5.69 Å². The van der Waals surface area contributed by atoms with Crippen molar-refractivity contribution in [2.75, 3.05) is 17.2 Å². The van der Waals surface area contributed by atoms with E-state index in [1.165, 1.54) is 0 Å². The average molecular weight is 244 g/mol. The number of carbonyl (C=O) groups excluding carboxylic acids is 1. The molecule has 5 heteroatoms. The smallest absolute Gasteiger partial charge is 0.280 e. The summed E-state index contributed by atoms with van der Waals surface area (Å²) >= 11 is 0. The molecule has 18 heavy (non-hydrogen) atoms. The SMILES string of the molecule is CCN(C(=O)c1n[nH]c(C)c1N)c1ccccc1. The van der Waals surface area contributed by atoms with Gasteiger partial charge in [-0.1, -0.05) is 18.2 Å². The lowest BCUT2D eigenvalue weighted by Crippen LogP contribution is -2.31. The molecule has 0 atom stereocenters. The predicted molar refractivity (Wildman–Crippen MR) is 71.5 cm³/mol. The molecule has 3 N–H and O–H groups in total. The number of hydrogen-bond acceptors (Lipinski definition) is 3. The second-order valence-electron chi connectivity index (χ2n) is 4.00. The molecule has 0 spiro atoms. The topological polar surface area (TPSA) is 75.0 Å². The van der Waals surface area contributed by atoms with Crippen LogP contribution in [0.4, 0.5) is 11.4 Å². The number of aromatic nitrogens is 2. The number of amides is 1. The van der Waals surface area contributed by atoms with Crippen molar-refractivity contribution in [3.05, 3.63) is 41.7 Å². The number of aryl methyl sites for hydroxylation is 1. The fourth-order valence-electron chi connectivity index (χ4n) is 1.78. The summed E-state index contributed by atoms with van der Waals surface area (Å²) in [5.74, 6) is -0.189. The van der Waals surface area contributed by atoms with Crippen LogP contribution in [0.25, 0.3) is 0 Å². The first-order valence-corrected chi connectivity index (χ1v) is 5.82. The highest BCUT2D eigenvalue weighted by Crippen LogP contribution is 2.19. The van der Waals surface area contributed by atoms with Crippen LogP contribution in [0.3, 0.4) is 0 Å². The normalized spacial score (nSPS) is 10.3. The monoisotopic (exact) mass is 244 g/mol. The molecule has 0 aliphatic heterocycles. The second kappa shape index (κ2) is 4.91. The molecule has 1 amide bonds. The van der Waals surface area contributed by atoms with Crippen LogP contribution < -0.4 is 10.6 Å². The van der Waals surface area contributed by atoms with Gasteiger partial charge in [-0.25, -0.2) is 0 Å². The average Bonchev–Trinajstić information content (AvgIpc) is 2.72. The van der Waals surface area contributed by atoms with E-state index in [1.807, 2.05) is 37.3 Å². The van der Waals surface area contributed by atoms with E-state index in [4.69, 9.17) is 5.73 Å². The Morgan fingerprint density at radius 3 is 2.56 bits per heavy atom. The number of hydrogen-bond donors (Lipinski definition) is 2. The van der Waals surface area contributed by atoms with Crippen LogP contribution in [0, 0.1) is 6.92 Å². The maximum absolute atomic E-state index is 12.4. The number of anilines is 2. The summed E-state index contributed by atoms with van der Waals surface area (Å²) < 4.78 is 0. The molecular weight excluding hydrogens is 228 g/mol. The van der Waals surface area contributed by atoms with Crippen LogP contribution in [-0.2, 0) is 0 Å². The number of nitrogens with zero attached hydrogens (tertiary/aromatic N) is 2. The number of aromatic amines is 1. The summed E-state index contributed by atoms with van der Waals surface area (Å²) in [5.41, 5.74) is 8.07. The summed E-state index contributed by atoms with van der Waals surface area (Å²) in [6.45, 7) is 4.27. The zero-order valence-electron chi connectivity index (χ0n) is 10.5. The molecule has 0 bridgehead atoms. The van der Waals surface area contributed by atoms with Gasteiger partial charge in [-0.15, -0.1) is 0 Å². The van der Waals surface area contributed by atoms with Gasteiger partial charge in [0.2, 0.25) is 0 Å². The van der Waals surface area contributed by atoms with E-state index in [-0.39, 0.29) is 11.6 Å². The number of nitrogens with one attached hydrogen (secondary N) is 1. The molecule has 0 radical (unpaired) electrons. The van der Waals surface area contributed by atoms with Crippen molar-refractivity contribution in [1.29, 1.82) is 0 Å². The molecular formula is C13H16N4O. The van der Waals surface area contributed by atoms with Crippen LogP contribution >= 0.6 is 0 Å². The van der Waals surface area contributed by atoms with Crippen LogP contribution in [0.2, 0.25) is 0 Å². The fraction of sp³-hybridized carbons (Fsp3) is 0.231. The van der Waals surface area contributed by atoms with Gasteiger partial charge in [-0.3, -0.25) is 9.89 Å². The highest BCUT2D eigenvalue weighted by molar-refractivity contribution is 6.08. The first kappa shape index (κ1) is 12.2. The molecule has 0 saturated heterocycles. The van der Waals surface area contributed by atoms with Crippen molar-refractivity contribution >= 4 is 17.3 Å². The quantitative estimate of drug-likeness (QED) is 0.866. The molecule has 0 aliphatic rings. The number of benzene rings is 1. The van der Waals surface area contributed by atoms with Crippen molar-refractivity contribution in [1.82, 2.24) is 10.2 Å². The molecule has 0 unspecified atom stereocenters. The van der Waals surface area contributed by atoms with Crippen molar-refractivity contribution in [2.45, 2.75) is 13.8 Å². The van der Waals surface area contributed by atoms with E-state index < -0.39 is 0 Å². The second-order valence-corrected chi connectivity index (χ2v) is 4.00. The van der Waals surface area contributed by atoms with Gasteiger partial charge in [0.25, 0.3) is 5.91 Å². The van der Waals surface area contributed by atoms with Crippen molar-refractivity contribution in [2.24, 2.45) is 0 Å². The van der Waals surface area contributed by atoms with Crippen molar-refractivity contribution < 1.29 is 4.79 Å². The predicted octanol–water partition coefficient (Wildman–Crippen LogP) is 1.97. The van der Waals surface area contributed by atoms with E-state index in [1.54, 1.807) is 11.8 Å². The zero-order chi connectivity index (χ0) is 13.1. The molecule has 1 aromatic carbocycles. The van der Waals surface area contributed by atoms with Gasteiger partial charge in [-0.05, 0) is 26.0 Å². The summed E-state index contributed by atoms with van der Waals surface area (Å²) in [7, 11) is 0. The van der Waals surface area contributed by atoms with Crippen LogP contribution in [-0.4, -0.2) is 22.6 Å². The summed E-state index contributed by atoms with van der Waals surface area (Å²) in [6, 6.07) is 9.47. The van der Waals surface area contributed by atoms with Crippen molar-refractivity contribution in [3.63, 3.8) is 0 Å². The van der Waals surface area contributed by atoms with Crippen LogP contribution in [0.1, 0.15) is 23.1 Å². The maximum Gasteiger partial charge on any atom is 0.280 e. The Kier molecular flexibility index (Phi) is 3.32. The van der Waals surface area contributed by atoms with Gasteiger partial charge < -0.3 is 10.6 Å². The Balaban J connectivity index is 2.35. The molecule has 94 valence electrons. The third-order valence-electron chi connectivity index (χ3n) is 2.83. The minimum atomic E-state index is -0.189. The van der Waals surface area contributed by atoms with E-state index in [2.05, 4.69) is 10.2 Å². The number of nitrogens with two attached hydrogens (primary N) is 1. The molecule has 0 fully saturated rings. The highest BCUT2D eigenvalue weighted by atomic mass is 16.2. The summed E-state index contributed by atoms with van der Waals surface area (Å²) in [5, 5.41) is 6.69. The van der Waals surface area contributed by atoms with Crippen molar-refractivity contribution in [3.8, 4) is 0 Å². The number of H-pyrrole nitrogens is 1. The Labute approximate surface area is 106 Å². The van der Waals surface area contributed by atoms with Crippen LogP contribution in [0.5, 0.6) is 0 Å². The largest absolute Gasteiger partial charge is 0.395 e. The lowest BCUT2D eigenvalue weighted by molar-refractivity contribution is 0.0984. The Bertz CT molecular complexity index is 547. The van der Waals surface area contributed by atoms with Gasteiger partial charge in [0.05, 0.1) is 11.4 Å². The molecule has 1 aromatic heterocycles. The zero-order valence-corrected chi connectivity index (χ0v) is 10.5. The van der Waals surface area contributed by atoms with Gasteiger partial charge in [-0.2, -0.15) is 5.10 Å². The van der Waals surface area contributed by atoms with Gasteiger partial charge in [0, 0.05) is 12.2 Å². The van der Waals surface area contributed by atoms with Gasteiger partial charge in [0.1, 0.15) is 0 Å². The molecule has 2 rings (SSSR count). The summed E-state index contributed by atoms with van der Waals surface area (Å²) in [4.78, 5) is 14.0. The Morgan fingerprint density at radius 1 is 1.39 bits per heavy atom. The first-order valence-electron chi connectivity index (χ1n) is 5.82. The van der Waals surface area contributed by atoms with E-state index in [0.29, 0.717) is 17.9 Å². The third kappa shape index (κ3) is 2.07. The molecule has 0 saturated carbocycles. The number of para-hydroxylation sites is 1. The summed E-state index contributed by atoms with van der Waals surface area (Å²) in [6.07, 6.45) is 0. The number of nitrogen functional groups attached to an aromatic ring is 1. The van der Waals surface area contributed by atoms with E-state index >= 15 is 0 Å². The van der Waals surface area contributed by atoms with E-state index in [9.17, 15) is 4.79 Å². The fourth-order valence-corrected chi connectivity index (χ4v) is 1.78. The minimum absolute atomic E-state index is 0.189.